The van der Waals surface area contributed by atoms with Gasteiger partial charge in [0, 0.05) is 26.0 Å². The Morgan fingerprint density at radius 3 is 2.81 bits per heavy atom. The Balaban J connectivity index is 2.14. The van der Waals surface area contributed by atoms with Gasteiger partial charge in [-0.05, 0) is 23.8 Å². The summed E-state index contributed by atoms with van der Waals surface area (Å²) in [5.41, 5.74) is 1.03. The summed E-state index contributed by atoms with van der Waals surface area (Å²) < 4.78 is 18.5. The van der Waals surface area contributed by atoms with Gasteiger partial charge < -0.3 is 9.64 Å². The van der Waals surface area contributed by atoms with Crippen molar-refractivity contribution in [3.63, 3.8) is 0 Å². The first kappa shape index (κ1) is 15.3. The third-order valence-electron chi connectivity index (χ3n) is 2.99. The maximum Gasteiger partial charge on any atom is 0.255 e. The van der Waals surface area contributed by atoms with Gasteiger partial charge in [-0.3, -0.25) is 9.78 Å². The lowest BCUT2D eigenvalue weighted by atomic mass is 10.1. The monoisotopic (exact) mass is 308 g/mol. The number of halogens is 2. The third-order valence-corrected chi connectivity index (χ3v) is 3.29. The first-order valence-corrected chi connectivity index (χ1v) is 6.58. The molecule has 110 valence electrons. The molecule has 0 spiro atoms. The van der Waals surface area contributed by atoms with Gasteiger partial charge in [0.25, 0.3) is 5.91 Å². The van der Waals surface area contributed by atoms with Gasteiger partial charge in [0.05, 0.1) is 17.7 Å². The number of hydrogen-bond acceptors (Lipinski definition) is 3. The molecule has 0 unspecified atom stereocenters. The van der Waals surface area contributed by atoms with Crippen LogP contribution < -0.4 is 4.74 Å². The highest BCUT2D eigenvalue weighted by molar-refractivity contribution is 6.33. The number of pyridine rings is 1. The fourth-order valence-electron chi connectivity index (χ4n) is 1.91. The summed E-state index contributed by atoms with van der Waals surface area (Å²) in [6.45, 7) is 0.262. The molecular weight excluding hydrogens is 295 g/mol. The van der Waals surface area contributed by atoms with Crippen LogP contribution in [0.1, 0.15) is 15.9 Å². The molecule has 0 bridgehead atoms. The van der Waals surface area contributed by atoms with E-state index in [9.17, 15) is 9.18 Å². The van der Waals surface area contributed by atoms with Gasteiger partial charge in [-0.25, -0.2) is 4.39 Å². The summed E-state index contributed by atoms with van der Waals surface area (Å²) in [6, 6.07) is 6.13. The van der Waals surface area contributed by atoms with E-state index in [0.29, 0.717) is 11.1 Å². The van der Waals surface area contributed by atoms with Crippen molar-refractivity contribution in [1.29, 1.82) is 0 Å². The first-order chi connectivity index (χ1) is 10.0. The Bertz CT molecular complexity index is 664. The summed E-state index contributed by atoms with van der Waals surface area (Å²) in [4.78, 5) is 17.6. The maximum atomic E-state index is 13.6. The van der Waals surface area contributed by atoms with E-state index in [4.69, 9.17) is 16.3 Å². The molecule has 2 rings (SSSR count). The number of rotatable bonds is 4. The molecule has 0 aliphatic heterocycles. The van der Waals surface area contributed by atoms with E-state index in [2.05, 4.69) is 4.98 Å². The van der Waals surface area contributed by atoms with E-state index < -0.39 is 5.82 Å². The van der Waals surface area contributed by atoms with Crippen molar-refractivity contribution >= 4 is 17.5 Å². The second kappa shape index (κ2) is 6.54. The normalized spacial score (nSPS) is 10.3. The molecule has 21 heavy (non-hydrogen) atoms. The van der Waals surface area contributed by atoms with Crippen LogP contribution in [0, 0.1) is 5.82 Å². The number of benzene rings is 1. The van der Waals surface area contributed by atoms with Crippen LogP contribution in [0.15, 0.2) is 36.7 Å². The van der Waals surface area contributed by atoms with Crippen molar-refractivity contribution < 1.29 is 13.9 Å². The molecule has 0 radical (unpaired) electrons. The largest absolute Gasteiger partial charge is 0.494 e. The second-order valence-corrected chi connectivity index (χ2v) is 4.89. The van der Waals surface area contributed by atoms with Crippen LogP contribution in [0.25, 0.3) is 0 Å². The fourth-order valence-corrected chi connectivity index (χ4v) is 2.11. The van der Waals surface area contributed by atoms with Crippen LogP contribution in [0.4, 0.5) is 4.39 Å². The zero-order valence-electron chi connectivity index (χ0n) is 11.6. The quantitative estimate of drug-likeness (QED) is 0.871. The Hall–Kier alpha value is -2.14. The lowest BCUT2D eigenvalue weighted by molar-refractivity contribution is 0.0785. The van der Waals surface area contributed by atoms with E-state index >= 15 is 0 Å². The highest BCUT2D eigenvalue weighted by atomic mass is 35.5. The predicted octanol–water partition coefficient (Wildman–Crippen LogP) is 3.15. The van der Waals surface area contributed by atoms with Gasteiger partial charge in [0.1, 0.15) is 0 Å². The Labute approximate surface area is 127 Å². The molecular formula is C15H14ClFN2O2. The zero-order valence-corrected chi connectivity index (χ0v) is 12.4. The van der Waals surface area contributed by atoms with Crippen molar-refractivity contribution in [3.05, 3.63) is 58.6 Å². The van der Waals surface area contributed by atoms with E-state index in [1.165, 1.54) is 36.5 Å². The predicted molar refractivity (Wildman–Crippen MR) is 78.0 cm³/mol. The van der Waals surface area contributed by atoms with Crippen LogP contribution in [-0.4, -0.2) is 29.9 Å². The average molecular weight is 309 g/mol. The molecule has 0 atom stereocenters. The number of carbonyl (C=O) groups is 1. The molecule has 0 aliphatic rings. The molecule has 0 N–H and O–H groups in total. The molecule has 0 saturated carbocycles. The molecule has 6 heteroatoms. The number of aromatic nitrogens is 1. The summed E-state index contributed by atoms with van der Waals surface area (Å²) in [7, 11) is 3.03. The molecule has 4 nitrogen and oxygen atoms in total. The number of hydrogen-bond donors (Lipinski definition) is 0. The summed E-state index contributed by atoms with van der Waals surface area (Å²) in [5.74, 6) is -0.540. The van der Waals surface area contributed by atoms with Crippen molar-refractivity contribution in [1.82, 2.24) is 9.88 Å². The van der Waals surface area contributed by atoms with Crippen molar-refractivity contribution in [2.75, 3.05) is 14.2 Å². The minimum atomic E-state index is -0.460. The maximum absolute atomic E-state index is 13.6. The van der Waals surface area contributed by atoms with Gasteiger partial charge in [-0.1, -0.05) is 17.7 Å². The lowest BCUT2D eigenvalue weighted by Crippen LogP contribution is -2.26. The number of ether oxygens (including phenoxy) is 1. The summed E-state index contributed by atoms with van der Waals surface area (Å²) >= 11 is 5.94. The van der Waals surface area contributed by atoms with Crippen molar-refractivity contribution in [2.24, 2.45) is 0 Å². The van der Waals surface area contributed by atoms with E-state index in [1.807, 2.05) is 0 Å². The first-order valence-electron chi connectivity index (χ1n) is 6.20. The molecule has 2 aromatic rings. The highest BCUT2D eigenvalue weighted by Gasteiger charge is 2.15. The van der Waals surface area contributed by atoms with Crippen LogP contribution in [0.2, 0.25) is 5.02 Å². The van der Waals surface area contributed by atoms with E-state index in [-0.39, 0.29) is 23.2 Å². The van der Waals surface area contributed by atoms with Crippen LogP contribution in [0.3, 0.4) is 0 Å². The minimum absolute atomic E-state index is 0.171. The zero-order chi connectivity index (χ0) is 15.4. The smallest absolute Gasteiger partial charge is 0.255 e. The Morgan fingerprint density at radius 1 is 1.43 bits per heavy atom. The Kier molecular flexibility index (Phi) is 4.75. The molecule has 1 aromatic carbocycles. The highest BCUT2D eigenvalue weighted by Crippen LogP contribution is 2.20. The van der Waals surface area contributed by atoms with Gasteiger partial charge in [-0.15, -0.1) is 0 Å². The second-order valence-electron chi connectivity index (χ2n) is 4.49. The fraction of sp³-hybridized carbons (Fsp3) is 0.200. The molecule has 0 aliphatic carbocycles. The third kappa shape index (κ3) is 3.49. The molecule has 1 aromatic heterocycles. The standard InChI is InChI=1S/C15H14ClFN2O2/c1-19(15(20)11-5-6-18-8-12(11)16)9-10-3-4-14(21-2)13(17)7-10/h3-8H,9H2,1-2H3. The number of carbonyl (C=O) groups excluding carboxylic acids is 1. The Morgan fingerprint density at radius 2 is 2.19 bits per heavy atom. The van der Waals surface area contributed by atoms with Crippen LogP contribution in [0.5, 0.6) is 5.75 Å². The summed E-state index contributed by atoms with van der Waals surface area (Å²) in [5, 5.41) is 0.287. The molecule has 1 amide bonds. The number of nitrogens with zero attached hydrogens (tertiary/aromatic N) is 2. The van der Waals surface area contributed by atoms with Gasteiger partial charge in [0.15, 0.2) is 11.6 Å². The van der Waals surface area contributed by atoms with Crippen molar-refractivity contribution in [3.8, 4) is 5.75 Å². The van der Waals surface area contributed by atoms with Gasteiger partial charge >= 0.3 is 0 Å². The van der Waals surface area contributed by atoms with Crippen molar-refractivity contribution in [2.45, 2.75) is 6.54 Å². The lowest BCUT2D eigenvalue weighted by Gasteiger charge is -2.18. The van der Waals surface area contributed by atoms with Crippen LogP contribution in [-0.2, 0) is 6.54 Å². The minimum Gasteiger partial charge on any atom is -0.494 e. The summed E-state index contributed by atoms with van der Waals surface area (Å²) in [6.07, 6.45) is 2.91. The van der Waals surface area contributed by atoms with Crippen LogP contribution >= 0.6 is 11.6 Å². The van der Waals surface area contributed by atoms with E-state index in [1.54, 1.807) is 19.2 Å². The molecule has 0 fully saturated rings. The topological polar surface area (TPSA) is 42.4 Å². The number of methoxy groups -OCH3 is 1. The van der Waals surface area contributed by atoms with Gasteiger partial charge in [0.2, 0.25) is 0 Å². The SMILES string of the molecule is COc1ccc(CN(C)C(=O)c2ccncc2Cl)cc1F. The molecule has 1 heterocycles. The number of amides is 1. The van der Waals surface area contributed by atoms with Gasteiger partial charge in [-0.2, -0.15) is 0 Å². The van der Waals surface area contributed by atoms with E-state index in [0.717, 1.165) is 0 Å². The molecule has 0 saturated heterocycles. The average Bonchev–Trinajstić information content (AvgIpc) is 2.47.